The number of benzene rings is 1. The molecule has 1 aliphatic heterocycles. The molecule has 2 rings (SSSR count). The minimum absolute atomic E-state index is 0.487. The average molecular weight is 275 g/mol. The molecule has 0 amide bonds. The fraction of sp³-hybridized carbons (Fsp3) is 0.647. The molecule has 1 aliphatic rings. The summed E-state index contributed by atoms with van der Waals surface area (Å²) >= 11 is 0. The van der Waals surface area contributed by atoms with E-state index in [1.807, 2.05) is 0 Å². The Balaban J connectivity index is 1.91. The van der Waals surface area contributed by atoms with Crippen LogP contribution in [-0.2, 0) is 0 Å². The third-order valence-electron chi connectivity index (χ3n) is 4.34. The lowest BCUT2D eigenvalue weighted by molar-refractivity contribution is 0.149. The molecule has 0 spiro atoms. The molecule has 0 bridgehead atoms. The average Bonchev–Trinajstić information content (AvgIpc) is 2.46. The number of hydrogen-bond donors (Lipinski definition) is 1. The first kappa shape index (κ1) is 15.5. The second-order valence-corrected chi connectivity index (χ2v) is 5.90. The molecule has 0 aromatic heterocycles. The molecule has 112 valence electrons. The van der Waals surface area contributed by atoms with Gasteiger partial charge in [0.2, 0.25) is 0 Å². The Bertz CT molecular complexity index is 397. The van der Waals surface area contributed by atoms with Gasteiger partial charge in [-0.05, 0) is 38.1 Å². The van der Waals surface area contributed by atoms with Gasteiger partial charge in [0, 0.05) is 38.8 Å². The van der Waals surface area contributed by atoms with Crippen molar-refractivity contribution in [3.8, 4) is 0 Å². The second-order valence-electron chi connectivity index (χ2n) is 5.90. The van der Waals surface area contributed by atoms with Crippen molar-refractivity contribution in [2.45, 2.75) is 26.3 Å². The first-order valence-corrected chi connectivity index (χ1v) is 7.90. The van der Waals surface area contributed by atoms with Crippen molar-refractivity contribution in [2.24, 2.45) is 0 Å². The van der Waals surface area contributed by atoms with Crippen molar-refractivity contribution in [2.75, 3.05) is 46.3 Å². The number of likely N-dealkylation sites (N-methyl/N-ethyl adjacent to an activating group) is 1. The maximum Gasteiger partial charge on any atom is 0.0334 e. The summed E-state index contributed by atoms with van der Waals surface area (Å²) in [6.45, 7) is 11.5. The van der Waals surface area contributed by atoms with Crippen LogP contribution in [0.15, 0.2) is 24.3 Å². The van der Waals surface area contributed by atoms with Crippen molar-refractivity contribution in [1.29, 1.82) is 0 Å². The van der Waals surface area contributed by atoms with E-state index in [4.69, 9.17) is 0 Å². The number of aryl methyl sites for hydroxylation is 1. The van der Waals surface area contributed by atoms with E-state index in [-0.39, 0.29) is 0 Å². The summed E-state index contributed by atoms with van der Waals surface area (Å²) in [5, 5.41) is 3.65. The fourth-order valence-corrected chi connectivity index (χ4v) is 2.97. The van der Waals surface area contributed by atoms with Gasteiger partial charge in [-0.15, -0.1) is 0 Å². The number of rotatable bonds is 6. The summed E-state index contributed by atoms with van der Waals surface area (Å²) in [5.41, 5.74) is 2.86. The predicted molar refractivity (Wildman–Crippen MR) is 86.2 cm³/mol. The highest BCUT2D eigenvalue weighted by Crippen LogP contribution is 2.21. The molecule has 1 aromatic carbocycles. The maximum absolute atomic E-state index is 3.65. The van der Waals surface area contributed by atoms with Gasteiger partial charge in [0.25, 0.3) is 0 Å². The van der Waals surface area contributed by atoms with Gasteiger partial charge in [0.1, 0.15) is 0 Å². The Morgan fingerprint density at radius 1 is 1.15 bits per heavy atom. The van der Waals surface area contributed by atoms with Crippen LogP contribution in [0.25, 0.3) is 0 Å². The van der Waals surface area contributed by atoms with Crippen molar-refractivity contribution in [3.63, 3.8) is 0 Å². The van der Waals surface area contributed by atoms with Crippen LogP contribution in [0.2, 0.25) is 0 Å². The second kappa shape index (κ2) is 7.77. The van der Waals surface area contributed by atoms with Gasteiger partial charge in [0.05, 0.1) is 0 Å². The molecule has 3 heteroatoms. The van der Waals surface area contributed by atoms with Gasteiger partial charge in [-0.25, -0.2) is 0 Å². The lowest BCUT2D eigenvalue weighted by Crippen LogP contribution is -2.45. The lowest BCUT2D eigenvalue weighted by atomic mass is 9.98. The van der Waals surface area contributed by atoms with Crippen LogP contribution in [0.1, 0.15) is 30.5 Å². The van der Waals surface area contributed by atoms with Gasteiger partial charge in [-0.2, -0.15) is 0 Å². The summed E-state index contributed by atoms with van der Waals surface area (Å²) in [6, 6.07) is 9.26. The van der Waals surface area contributed by atoms with Gasteiger partial charge in [-0.3, -0.25) is 0 Å². The molecule has 1 fully saturated rings. The van der Waals surface area contributed by atoms with E-state index in [1.165, 1.54) is 50.3 Å². The van der Waals surface area contributed by atoms with Crippen LogP contribution in [0, 0.1) is 6.92 Å². The monoisotopic (exact) mass is 275 g/mol. The third-order valence-corrected chi connectivity index (χ3v) is 4.34. The largest absolute Gasteiger partial charge is 0.310 e. The number of nitrogens with zero attached hydrogens (tertiary/aromatic N) is 2. The first-order chi connectivity index (χ1) is 9.70. The fourth-order valence-electron chi connectivity index (χ4n) is 2.97. The highest BCUT2D eigenvalue weighted by Gasteiger charge is 2.17. The summed E-state index contributed by atoms with van der Waals surface area (Å²) in [7, 11) is 2.21. The number of hydrogen-bond acceptors (Lipinski definition) is 3. The van der Waals surface area contributed by atoms with Gasteiger partial charge >= 0.3 is 0 Å². The van der Waals surface area contributed by atoms with Crippen molar-refractivity contribution < 1.29 is 0 Å². The van der Waals surface area contributed by atoms with Crippen LogP contribution in [0.4, 0.5) is 0 Å². The van der Waals surface area contributed by atoms with E-state index in [9.17, 15) is 0 Å². The van der Waals surface area contributed by atoms with E-state index in [2.05, 4.69) is 60.3 Å². The summed E-state index contributed by atoms with van der Waals surface area (Å²) in [6.07, 6.45) is 1.20. The Morgan fingerprint density at radius 2 is 1.85 bits per heavy atom. The molecule has 0 saturated carbocycles. The van der Waals surface area contributed by atoms with E-state index >= 15 is 0 Å². The van der Waals surface area contributed by atoms with E-state index in [1.54, 1.807) is 0 Å². The predicted octanol–water partition coefficient (Wildman–Crippen LogP) is 2.28. The van der Waals surface area contributed by atoms with E-state index in [0.29, 0.717) is 6.04 Å². The van der Waals surface area contributed by atoms with Crippen molar-refractivity contribution in [1.82, 2.24) is 15.1 Å². The zero-order valence-electron chi connectivity index (χ0n) is 13.2. The van der Waals surface area contributed by atoms with Crippen molar-refractivity contribution in [3.05, 3.63) is 35.4 Å². The minimum Gasteiger partial charge on any atom is -0.310 e. The van der Waals surface area contributed by atoms with E-state index < -0.39 is 0 Å². The molecule has 1 N–H and O–H groups in total. The van der Waals surface area contributed by atoms with Crippen molar-refractivity contribution >= 4 is 0 Å². The Labute approximate surface area is 124 Å². The lowest BCUT2D eigenvalue weighted by Gasteiger charge is -2.33. The molecule has 1 unspecified atom stereocenters. The molecule has 3 nitrogen and oxygen atoms in total. The smallest absolute Gasteiger partial charge is 0.0334 e. The van der Waals surface area contributed by atoms with Gasteiger partial charge < -0.3 is 15.1 Å². The zero-order chi connectivity index (χ0) is 14.4. The van der Waals surface area contributed by atoms with E-state index in [0.717, 1.165) is 6.54 Å². The molecular formula is C17H29N3. The third kappa shape index (κ3) is 4.30. The molecule has 1 saturated heterocycles. The first-order valence-electron chi connectivity index (χ1n) is 7.90. The normalized spacial score (nSPS) is 19.1. The Kier molecular flexibility index (Phi) is 6.02. The van der Waals surface area contributed by atoms with Crippen LogP contribution in [0.5, 0.6) is 0 Å². The highest BCUT2D eigenvalue weighted by atomic mass is 15.2. The summed E-state index contributed by atoms with van der Waals surface area (Å²) < 4.78 is 0. The Hall–Kier alpha value is -0.900. The van der Waals surface area contributed by atoms with Crippen LogP contribution in [0.3, 0.4) is 0 Å². The molecule has 20 heavy (non-hydrogen) atoms. The number of nitrogens with one attached hydrogen (secondary N) is 1. The molecule has 1 atom stereocenters. The maximum atomic E-state index is 3.65. The highest BCUT2D eigenvalue weighted by molar-refractivity contribution is 5.28. The Morgan fingerprint density at radius 3 is 2.50 bits per heavy atom. The molecular weight excluding hydrogens is 246 g/mol. The summed E-state index contributed by atoms with van der Waals surface area (Å²) in [5.74, 6) is 0. The van der Waals surface area contributed by atoms with Crippen LogP contribution in [-0.4, -0.2) is 56.1 Å². The summed E-state index contributed by atoms with van der Waals surface area (Å²) in [4.78, 5) is 5.02. The molecule has 1 heterocycles. The van der Waals surface area contributed by atoms with Crippen LogP contribution >= 0.6 is 0 Å². The van der Waals surface area contributed by atoms with Crippen LogP contribution < -0.4 is 5.32 Å². The molecule has 0 aliphatic carbocycles. The van der Waals surface area contributed by atoms with Gasteiger partial charge in [-0.1, -0.05) is 31.2 Å². The standard InChI is InChI=1S/C17H29N3/c1-4-18-17(16-8-6-5-7-15(16)2)9-10-20-13-11-19(3)12-14-20/h5-8,17-18H,4,9-14H2,1-3H3. The van der Waals surface area contributed by atoms with Gasteiger partial charge in [0.15, 0.2) is 0 Å². The minimum atomic E-state index is 0.487. The topological polar surface area (TPSA) is 18.5 Å². The zero-order valence-corrected chi connectivity index (χ0v) is 13.2. The molecule has 0 radical (unpaired) electrons. The number of piperazine rings is 1. The quantitative estimate of drug-likeness (QED) is 0.859. The molecule has 1 aromatic rings. The SMILES string of the molecule is CCNC(CCN1CCN(C)CC1)c1ccccc1C.